The van der Waals surface area contributed by atoms with Crippen LogP contribution in [0.2, 0.25) is 0 Å². The summed E-state index contributed by atoms with van der Waals surface area (Å²) in [6.07, 6.45) is 0. The van der Waals surface area contributed by atoms with Gasteiger partial charge in [-0.25, -0.2) is 0 Å². The fraction of sp³-hybridized carbons (Fsp3) is 0.200. The molecule has 2 amide bonds. The monoisotopic (exact) mass is 402 g/mol. The molecule has 0 aliphatic heterocycles. The fourth-order valence-electron chi connectivity index (χ4n) is 3.02. The highest BCUT2D eigenvalue weighted by Gasteiger charge is 2.15. The number of amides is 2. The Hall–Kier alpha value is -3.44. The first kappa shape index (κ1) is 21.3. The summed E-state index contributed by atoms with van der Waals surface area (Å²) >= 11 is 0. The van der Waals surface area contributed by atoms with Gasteiger partial charge in [0.15, 0.2) is 0 Å². The largest absolute Gasteiger partial charge is 0.392 e. The van der Waals surface area contributed by atoms with Gasteiger partial charge in [0, 0.05) is 11.1 Å². The van der Waals surface area contributed by atoms with Crippen molar-refractivity contribution < 1.29 is 14.7 Å². The van der Waals surface area contributed by atoms with Crippen LogP contribution in [0.3, 0.4) is 0 Å². The van der Waals surface area contributed by atoms with Crippen LogP contribution in [-0.4, -0.2) is 16.9 Å². The average Bonchev–Trinajstić information content (AvgIpc) is 2.74. The highest BCUT2D eigenvalue weighted by atomic mass is 16.3. The number of aliphatic hydroxyl groups excluding tert-OH is 1. The fourth-order valence-corrected chi connectivity index (χ4v) is 3.02. The zero-order chi connectivity index (χ0) is 21.7. The van der Waals surface area contributed by atoms with Crippen molar-refractivity contribution in [2.75, 3.05) is 10.6 Å². The molecule has 154 valence electrons. The predicted molar refractivity (Wildman–Crippen MR) is 120 cm³/mol. The van der Waals surface area contributed by atoms with E-state index in [9.17, 15) is 14.7 Å². The summed E-state index contributed by atoms with van der Waals surface area (Å²) in [6, 6.07) is 21.3. The Labute approximate surface area is 176 Å². The third-order valence-corrected chi connectivity index (χ3v) is 4.81. The third-order valence-electron chi connectivity index (χ3n) is 4.81. The predicted octanol–water partition coefficient (Wildman–Crippen LogP) is 4.98. The van der Waals surface area contributed by atoms with Crippen LogP contribution in [0.15, 0.2) is 72.8 Å². The van der Waals surface area contributed by atoms with Gasteiger partial charge in [-0.15, -0.1) is 0 Å². The molecule has 0 heterocycles. The molecule has 3 rings (SSSR count). The van der Waals surface area contributed by atoms with Crippen molar-refractivity contribution in [2.24, 2.45) is 0 Å². The molecule has 0 aromatic heterocycles. The van der Waals surface area contributed by atoms with Crippen LogP contribution in [-0.2, 0) is 12.0 Å². The molecule has 0 aliphatic rings. The lowest BCUT2D eigenvalue weighted by Gasteiger charge is -2.19. The standard InChI is InChI=1S/C25H26N2O3/c1-25(2,3)20-13-11-18(12-14-20)23(29)26-21-9-4-5-10-22(21)27-24(30)19-8-6-7-17(15-19)16-28/h4-15,28H,16H2,1-3H3,(H,26,29)(H,27,30). The van der Waals surface area contributed by atoms with Crippen LogP contribution >= 0.6 is 0 Å². The molecule has 3 aromatic rings. The van der Waals surface area contributed by atoms with Crippen LogP contribution in [0.25, 0.3) is 0 Å². The van der Waals surface area contributed by atoms with Crippen molar-refractivity contribution in [2.45, 2.75) is 32.8 Å². The first-order valence-electron chi connectivity index (χ1n) is 9.80. The summed E-state index contributed by atoms with van der Waals surface area (Å²) in [5, 5.41) is 15.0. The van der Waals surface area contributed by atoms with E-state index in [1.165, 1.54) is 0 Å². The summed E-state index contributed by atoms with van der Waals surface area (Å²) in [4.78, 5) is 25.3. The minimum absolute atomic E-state index is 0.0131. The molecule has 5 nitrogen and oxygen atoms in total. The molecule has 0 spiro atoms. The van der Waals surface area contributed by atoms with Crippen molar-refractivity contribution in [3.8, 4) is 0 Å². The van der Waals surface area contributed by atoms with Crippen molar-refractivity contribution in [3.05, 3.63) is 95.1 Å². The molecule has 3 aromatic carbocycles. The van der Waals surface area contributed by atoms with Crippen LogP contribution in [0, 0.1) is 0 Å². The highest BCUT2D eigenvalue weighted by molar-refractivity contribution is 6.10. The lowest BCUT2D eigenvalue weighted by molar-refractivity contribution is 0.101. The van der Waals surface area contributed by atoms with Crippen molar-refractivity contribution >= 4 is 23.2 Å². The number of anilines is 2. The lowest BCUT2D eigenvalue weighted by Crippen LogP contribution is -2.17. The van der Waals surface area contributed by atoms with Gasteiger partial charge in [0.25, 0.3) is 11.8 Å². The molecule has 0 aliphatic carbocycles. The minimum atomic E-state index is -0.318. The minimum Gasteiger partial charge on any atom is -0.392 e. The second-order valence-corrected chi connectivity index (χ2v) is 8.14. The molecule has 0 atom stereocenters. The summed E-state index contributed by atoms with van der Waals surface area (Å²) in [7, 11) is 0. The first-order valence-corrected chi connectivity index (χ1v) is 9.80. The van der Waals surface area contributed by atoms with Gasteiger partial charge in [-0.3, -0.25) is 9.59 Å². The Kier molecular flexibility index (Phi) is 6.33. The second-order valence-electron chi connectivity index (χ2n) is 8.14. The van der Waals surface area contributed by atoms with Gasteiger partial charge in [0.1, 0.15) is 0 Å². The van der Waals surface area contributed by atoms with E-state index in [1.54, 1.807) is 60.7 Å². The van der Waals surface area contributed by atoms with Gasteiger partial charge in [-0.05, 0) is 52.9 Å². The normalized spacial score (nSPS) is 11.1. The molecule has 5 heteroatoms. The van der Waals surface area contributed by atoms with Gasteiger partial charge in [0.05, 0.1) is 18.0 Å². The molecule has 0 fully saturated rings. The van der Waals surface area contributed by atoms with E-state index in [2.05, 4.69) is 31.4 Å². The van der Waals surface area contributed by atoms with E-state index in [1.807, 2.05) is 12.1 Å². The Morgan fingerprint density at radius 2 is 1.33 bits per heavy atom. The van der Waals surface area contributed by atoms with Crippen LogP contribution in [0.1, 0.15) is 52.6 Å². The third kappa shape index (κ3) is 5.13. The second kappa shape index (κ2) is 8.93. The van der Waals surface area contributed by atoms with Gasteiger partial charge in [0.2, 0.25) is 0 Å². The zero-order valence-corrected chi connectivity index (χ0v) is 17.4. The maximum Gasteiger partial charge on any atom is 0.255 e. The Morgan fingerprint density at radius 1 is 0.767 bits per heavy atom. The molecule has 0 unspecified atom stereocenters. The Balaban J connectivity index is 1.76. The number of carbonyl (C=O) groups is 2. The van der Waals surface area contributed by atoms with E-state index in [4.69, 9.17) is 0 Å². The SMILES string of the molecule is CC(C)(C)c1ccc(C(=O)Nc2ccccc2NC(=O)c2cccc(CO)c2)cc1. The van der Waals surface area contributed by atoms with Gasteiger partial charge in [-0.2, -0.15) is 0 Å². The smallest absolute Gasteiger partial charge is 0.255 e. The van der Waals surface area contributed by atoms with Crippen molar-refractivity contribution in [3.63, 3.8) is 0 Å². The number of carbonyl (C=O) groups excluding carboxylic acids is 2. The molecule has 0 radical (unpaired) electrons. The molecule has 0 bridgehead atoms. The molecule has 3 N–H and O–H groups in total. The summed E-state index contributed by atoms with van der Waals surface area (Å²) < 4.78 is 0. The average molecular weight is 402 g/mol. The number of benzene rings is 3. The number of rotatable bonds is 5. The first-order chi connectivity index (χ1) is 14.3. The lowest BCUT2D eigenvalue weighted by atomic mass is 9.87. The molecule has 0 saturated heterocycles. The van der Waals surface area contributed by atoms with Gasteiger partial charge in [-0.1, -0.05) is 57.2 Å². The quantitative estimate of drug-likeness (QED) is 0.563. The van der Waals surface area contributed by atoms with E-state index >= 15 is 0 Å². The Bertz CT molecular complexity index is 1050. The molecule has 0 saturated carbocycles. The van der Waals surface area contributed by atoms with Crippen LogP contribution in [0.5, 0.6) is 0 Å². The summed E-state index contributed by atoms with van der Waals surface area (Å²) in [5.74, 6) is -0.569. The van der Waals surface area contributed by atoms with Crippen LogP contribution < -0.4 is 10.6 Å². The van der Waals surface area contributed by atoms with E-state index in [-0.39, 0.29) is 23.8 Å². The van der Waals surface area contributed by atoms with E-state index in [0.717, 1.165) is 5.56 Å². The van der Waals surface area contributed by atoms with E-state index < -0.39 is 0 Å². The highest BCUT2D eigenvalue weighted by Crippen LogP contribution is 2.25. The molecule has 30 heavy (non-hydrogen) atoms. The van der Waals surface area contributed by atoms with Gasteiger partial charge < -0.3 is 15.7 Å². The molecular formula is C25H26N2O3. The van der Waals surface area contributed by atoms with Gasteiger partial charge >= 0.3 is 0 Å². The number of para-hydroxylation sites is 2. The van der Waals surface area contributed by atoms with E-state index in [0.29, 0.717) is 28.1 Å². The van der Waals surface area contributed by atoms with Crippen LogP contribution in [0.4, 0.5) is 11.4 Å². The zero-order valence-electron chi connectivity index (χ0n) is 17.4. The molecular weight excluding hydrogens is 376 g/mol. The number of hydrogen-bond donors (Lipinski definition) is 3. The Morgan fingerprint density at radius 3 is 1.87 bits per heavy atom. The van der Waals surface area contributed by atoms with Crippen molar-refractivity contribution in [1.82, 2.24) is 0 Å². The summed E-state index contributed by atoms with van der Waals surface area (Å²) in [6.45, 7) is 6.23. The maximum absolute atomic E-state index is 12.7. The number of hydrogen-bond acceptors (Lipinski definition) is 3. The number of nitrogens with one attached hydrogen (secondary N) is 2. The van der Waals surface area contributed by atoms with Crippen molar-refractivity contribution in [1.29, 1.82) is 0 Å². The maximum atomic E-state index is 12.7. The number of aliphatic hydroxyl groups is 1. The summed E-state index contributed by atoms with van der Waals surface area (Å²) in [5.41, 5.74) is 3.80. The topological polar surface area (TPSA) is 78.4 Å².